The average Bonchev–Trinajstić information content (AvgIpc) is 2.06. The lowest BCUT2D eigenvalue weighted by Gasteiger charge is -2.05. The van der Waals surface area contributed by atoms with E-state index < -0.39 is 38.0 Å². The Hall–Kier alpha value is -1.54. The van der Waals surface area contributed by atoms with Gasteiger partial charge in [-0.1, -0.05) is 0 Å². The molecule has 0 aliphatic rings. The van der Waals surface area contributed by atoms with Gasteiger partial charge in [-0.3, -0.25) is 4.79 Å². The summed E-state index contributed by atoms with van der Waals surface area (Å²) in [5.41, 5.74) is 4.10. The van der Waals surface area contributed by atoms with Crippen molar-refractivity contribution in [2.24, 2.45) is 10.9 Å². The van der Waals surface area contributed by atoms with Gasteiger partial charge < -0.3 is 5.73 Å². The maximum atomic E-state index is 13.1. The van der Waals surface area contributed by atoms with Crippen molar-refractivity contribution in [2.75, 3.05) is 0 Å². The van der Waals surface area contributed by atoms with Crippen LogP contribution in [-0.4, -0.2) is 14.3 Å². The van der Waals surface area contributed by atoms with Gasteiger partial charge in [-0.15, -0.1) is 0 Å². The van der Waals surface area contributed by atoms with Gasteiger partial charge in [-0.05, 0) is 12.1 Å². The molecule has 5 nitrogen and oxygen atoms in total. The van der Waals surface area contributed by atoms with Gasteiger partial charge in [0.15, 0.2) is 11.6 Å². The van der Waals surface area contributed by atoms with E-state index >= 15 is 0 Å². The quantitative estimate of drug-likeness (QED) is 0.737. The van der Waals surface area contributed by atoms with E-state index in [-0.39, 0.29) is 0 Å². The number of carbonyl (C=O) groups excluding carboxylic acids is 1. The van der Waals surface area contributed by atoms with Crippen molar-refractivity contribution in [3.63, 3.8) is 0 Å². The molecule has 0 aromatic heterocycles. The lowest BCUT2D eigenvalue weighted by molar-refractivity contribution is 0.0996. The summed E-state index contributed by atoms with van der Waals surface area (Å²) in [4.78, 5) is 9.52. The maximum Gasteiger partial charge on any atom is 0.250 e. The molecule has 1 amide bonds. The van der Waals surface area contributed by atoms with E-state index in [1.165, 1.54) is 0 Å². The van der Waals surface area contributed by atoms with Crippen molar-refractivity contribution in [3.05, 3.63) is 29.3 Å². The first-order valence-corrected chi connectivity index (χ1v) is 5.10. The van der Waals surface area contributed by atoms with Gasteiger partial charge in [0, 0.05) is 0 Å². The van der Waals surface area contributed by atoms with Crippen molar-refractivity contribution in [2.45, 2.75) is 4.90 Å². The summed E-state index contributed by atoms with van der Waals surface area (Å²) < 4.78 is 47.6. The highest BCUT2D eigenvalue weighted by molar-refractivity contribution is 7.89. The number of sulfonamides is 1. The maximum absolute atomic E-state index is 13.1. The van der Waals surface area contributed by atoms with E-state index in [2.05, 4.69) is 5.14 Å². The fraction of sp³-hybridized carbons (Fsp3) is 0. The van der Waals surface area contributed by atoms with Crippen molar-refractivity contribution in [1.82, 2.24) is 0 Å². The average molecular weight is 236 g/mol. The van der Waals surface area contributed by atoms with Crippen LogP contribution in [0, 0.1) is 11.6 Å². The zero-order valence-corrected chi connectivity index (χ0v) is 8.01. The third-order valence-corrected chi connectivity index (χ3v) is 2.57. The van der Waals surface area contributed by atoms with Crippen LogP contribution in [0.5, 0.6) is 0 Å². The zero-order valence-electron chi connectivity index (χ0n) is 7.20. The third-order valence-electron chi connectivity index (χ3n) is 1.60. The number of amides is 1. The number of primary amides is 1. The molecular formula is C7H6F2N2O3S. The van der Waals surface area contributed by atoms with Crippen LogP contribution in [0.2, 0.25) is 0 Å². The molecule has 82 valence electrons. The molecule has 8 heteroatoms. The van der Waals surface area contributed by atoms with Crippen LogP contribution in [0.3, 0.4) is 0 Å². The minimum Gasteiger partial charge on any atom is -0.366 e. The molecule has 0 atom stereocenters. The highest BCUT2D eigenvalue weighted by Gasteiger charge is 2.25. The van der Waals surface area contributed by atoms with E-state index in [0.717, 1.165) is 6.07 Å². The van der Waals surface area contributed by atoms with Gasteiger partial charge >= 0.3 is 0 Å². The molecule has 0 bridgehead atoms. The Morgan fingerprint density at radius 1 is 1.27 bits per heavy atom. The SMILES string of the molecule is NC(=O)c1ccc(F)c(F)c1S(N)(=O)=O. The number of primary sulfonamides is 1. The second kappa shape index (κ2) is 3.55. The van der Waals surface area contributed by atoms with Crippen LogP contribution in [-0.2, 0) is 10.0 Å². The topological polar surface area (TPSA) is 103 Å². The largest absolute Gasteiger partial charge is 0.366 e. The van der Waals surface area contributed by atoms with Gasteiger partial charge in [0.25, 0.3) is 0 Å². The highest BCUT2D eigenvalue weighted by atomic mass is 32.2. The Kier molecular flexibility index (Phi) is 2.73. The molecule has 4 N–H and O–H groups in total. The molecule has 0 saturated heterocycles. The third kappa shape index (κ3) is 2.10. The normalized spacial score (nSPS) is 11.4. The Balaban J connectivity index is 3.72. The summed E-state index contributed by atoms with van der Waals surface area (Å²) >= 11 is 0. The standard InChI is InChI=1S/C7H6F2N2O3S/c8-4-2-1-3(7(10)12)6(5(4)9)15(11,13)14/h1-2H,(H2,10,12)(H2,11,13,14). The lowest BCUT2D eigenvalue weighted by atomic mass is 10.2. The summed E-state index contributed by atoms with van der Waals surface area (Å²) in [5.74, 6) is -4.35. The summed E-state index contributed by atoms with van der Waals surface area (Å²) in [6, 6.07) is 1.34. The highest BCUT2D eigenvalue weighted by Crippen LogP contribution is 2.20. The van der Waals surface area contributed by atoms with Crippen LogP contribution < -0.4 is 10.9 Å². The molecule has 1 aromatic carbocycles. The molecule has 1 rings (SSSR count). The van der Waals surface area contributed by atoms with Crippen molar-refractivity contribution >= 4 is 15.9 Å². The van der Waals surface area contributed by atoms with E-state index in [4.69, 9.17) is 5.73 Å². The molecule has 0 fully saturated rings. The van der Waals surface area contributed by atoms with Gasteiger partial charge in [0.2, 0.25) is 15.9 Å². The molecule has 0 radical (unpaired) electrons. The molecule has 0 aliphatic heterocycles. The summed E-state index contributed by atoms with van der Waals surface area (Å²) in [6.45, 7) is 0. The van der Waals surface area contributed by atoms with Gasteiger partial charge in [-0.25, -0.2) is 22.3 Å². The van der Waals surface area contributed by atoms with E-state index in [1.807, 2.05) is 0 Å². The van der Waals surface area contributed by atoms with E-state index in [1.54, 1.807) is 0 Å². The Morgan fingerprint density at radius 2 is 1.80 bits per heavy atom. The fourth-order valence-electron chi connectivity index (χ4n) is 1.00. The summed E-state index contributed by atoms with van der Waals surface area (Å²) in [5, 5.41) is 4.62. The molecule has 0 heterocycles. The number of hydrogen-bond acceptors (Lipinski definition) is 3. The first kappa shape index (κ1) is 11.5. The number of halogens is 2. The molecule has 1 aromatic rings. The molecule has 0 aliphatic carbocycles. The predicted octanol–water partition coefficient (Wildman–Crippen LogP) is -0.289. The van der Waals surface area contributed by atoms with Crippen molar-refractivity contribution in [1.29, 1.82) is 0 Å². The first-order chi connectivity index (χ1) is 6.75. The predicted molar refractivity (Wildman–Crippen MR) is 46.2 cm³/mol. The lowest BCUT2D eigenvalue weighted by Crippen LogP contribution is -2.22. The Bertz CT molecular complexity index is 527. The minimum atomic E-state index is -4.55. The molecule has 0 saturated carbocycles. The number of nitrogens with two attached hydrogens (primary N) is 2. The zero-order chi connectivity index (χ0) is 11.8. The van der Waals surface area contributed by atoms with Crippen LogP contribution in [0.25, 0.3) is 0 Å². The molecule has 15 heavy (non-hydrogen) atoms. The number of benzene rings is 1. The van der Waals surface area contributed by atoms with Crippen molar-refractivity contribution in [3.8, 4) is 0 Å². The smallest absolute Gasteiger partial charge is 0.250 e. The molecular weight excluding hydrogens is 230 g/mol. The number of hydrogen-bond donors (Lipinski definition) is 2. The minimum absolute atomic E-state index is 0.587. The monoisotopic (exact) mass is 236 g/mol. The van der Waals surface area contributed by atoms with Crippen LogP contribution in [0.4, 0.5) is 8.78 Å². The van der Waals surface area contributed by atoms with Gasteiger partial charge in [0.1, 0.15) is 4.90 Å². The van der Waals surface area contributed by atoms with Crippen LogP contribution in [0.15, 0.2) is 17.0 Å². The Labute approximate surface area is 83.7 Å². The van der Waals surface area contributed by atoms with Crippen LogP contribution in [0.1, 0.15) is 10.4 Å². The first-order valence-electron chi connectivity index (χ1n) is 3.55. The van der Waals surface area contributed by atoms with Crippen molar-refractivity contribution < 1.29 is 22.0 Å². The number of carbonyl (C=O) groups is 1. The summed E-state index contributed by atoms with van der Waals surface area (Å²) in [6.07, 6.45) is 0. The molecule has 0 unspecified atom stereocenters. The van der Waals surface area contributed by atoms with Gasteiger partial charge in [-0.2, -0.15) is 0 Å². The van der Waals surface area contributed by atoms with Crippen LogP contribution >= 0.6 is 0 Å². The number of rotatable bonds is 2. The fourth-order valence-corrected chi connectivity index (χ4v) is 1.83. The second-order valence-corrected chi connectivity index (χ2v) is 4.15. The van der Waals surface area contributed by atoms with Gasteiger partial charge in [0.05, 0.1) is 5.56 Å². The van der Waals surface area contributed by atoms with E-state index in [0.29, 0.717) is 6.07 Å². The second-order valence-electron chi connectivity index (χ2n) is 2.65. The molecule has 0 spiro atoms. The Morgan fingerprint density at radius 3 is 2.20 bits per heavy atom. The van der Waals surface area contributed by atoms with E-state index in [9.17, 15) is 22.0 Å². The summed E-state index contributed by atoms with van der Waals surface area (Å²) in [7, 11) is -4.55.